The number of allylic oxidation sites excluding steroid dienone is 1. The maximum absolute atomic E-state index is 11.9. The Morgan fingerprint density at radius 3 is 2.86 bits per heavy atom. The summed E-state index contributed by atoms with van der Waals surface area (Å²) in [6.07, 6.45) is 9.49. The number of aryl methyl sites for hydroxylation is 1. The van der Waals surface area contributed by atoms with Crippen molar-refractivity contribution in [1.29, 1.82) is 0 Å². The van der Waals surface area contributed by atoms with Crippen molar-refractivity contribution in [2.45, 2.75) is 44.9 Å². The number of carbonyl (C=O) groups is 1. The minimum absolute atomic E-state index is 0.103. The third kappa shape index (κ3) is 5.10. The van der Waals surface area contributed by atoms with Crippen LogP contribution >= 0.6 is 0 Å². The van der Waals surface area contributed by atoms with Gasteiger partial charge in [0.25, 0.3) is 0 Å². The second-order valence-corrected chi connectivity index (χ2v) is 5.78. The van der Waals surface area contributed by atoms with Crippen molar-refractivity contribution in [3.05, 3.63) is 35.4 Å². The lowest BCUT2D eigenvalue weighted by Crippen LogP contribution is -2.25. The Hall–Kier alpha value is -1.97. The molecule has 2 rings (SSSR count). The van der Waals surface area contributed by atoms with Crippen LogP contribution in [0.4, 0.5) is 5.69 Å². The predicted octanol–water partition coefficient (Wildman–Crippen LogP) is 3.22. The van der Waals surface area contributed by atoms with E-state index in [9.17, 15) is 4.79 Å². The van der Waals surface area contributed by atoms with E-state index in [0.717, 1.165) is 18.5 Å². The van der Waals surface area contributed by atoms with Crippen molar-refractivity contribution in [2.24, 2.45) is 0 Å². The van der Waals surface area contributed by atoms with Gasteiger partial charge in [-0.05, 0) is 56.2 Å². The summed E-state index contributed by atoms with van der Waals surface area (Å²) in [5.74, 6) is 0.778. The molecule has 0 radical (unpaired) electrons. The van der Waals surface area contributed by atoms with Crippen molar-refractivity contribution in [3.8, 4) is 5.75 Å². The van der Waals surface area contributed by atoms with Gasteiger partial charge in [0.05, 0.1) is 12.8 Å². The number of amides is 1. The summed E-state index contributed by atoms with van der Waals surface area (Å²) in [4.78, 5) is 11.9. The Balaban J connectivity index is 1.69. The first-order valence-electron chi connectivity index (χ1n) is 8.06. The van der Waals surface area contributed by atoms with Gasteiger partial charge in [0, 0.05) is 13.0 Å². The highest BCUT2D eigenvalue weighted by molar-refractivity contribution is 5.76. The van der Waals surface area contributed by atoms with Gasteiger partial charge in [-0.15, -0.1) is 0 Å². The first-order chi connectivity index (χ1) is 10.7. The number of methoxy groups -OCH3 is 1. The molecule has 0 saturated carbocycles. The molecular formula is C18H26N2O2. The fourth-order valence-corrected chi connectivity index (χ4v) is 2.78. The molecule has 0 fully saturated rings. The second-order valence-electron chi connectivity index (χ2n) is 5.78. The summed E-state index contributed by atoms with van der Waals surface area (Å²) in [7, 11) is 1.60. The Morgan fingerprint density at radius 2 is 2.18 bits per heavy atom. The largest absolute Gasteiger partial charge is 0.495 e. The highest BCUT2D eigenvalue weighted by atomic mass is 16.5. The number of nitrogen functional groups attached to an aromatic ring is 1. The van der Waals surface area contributed by atoms with Gasteiger partial charge in [-0.1, -0.05) is 17.7 Å². The average Bonchev–Trinajstić information content (AvgIpc) is 2.54. The Bertz CT molecular complexity index is 538. The van der Waals surface area contributed by atoms with Crippen molar-refractivity contribution >= 4 is 11.6 Å². The number of ether oxygens (including phenoxy) is 1. The molecule has 0 bridgehead atoms. The first kappa shape index (κ1) is 16.4. The van der Waals surface area contributed by atoms with Crippen LogP contribution in [-0.2, 0) is 11.2 Å². The van der Waals surface area contributed by atoms with Gasteiger partial charge in [0.15, 0.2) is 0 Å². The van der Waals surface area contributed by atoms with Crippen molar-refractivity contribution in [3.63, 3.8) is 0 Å². The molecule has 0 saturated heterocycles. The topological polar surface area (TPSA) is 64.3 Å². The molecule has 0 spiro atoms. The van der Waals surface area contributed by atoms with E-state index in [1.54, 1.807) is 7.11 Å². The van der Waals surface area contributed by atoms with Gasteiger partial charge in [-0.3, -0.25) is 4.79 Å². The zero-order valence-electron chi connectivity index (χ0n) is 13.4. The number of nitrogens with two attached hydrogens (primary N) is 1. The smallest absolute Gasteiger partial charge is 0.220 e. The van der Waals surface area contributed by atoms with E-state index in [1.807, 2.05) is 18.2 Å². The number of hydrogen-bond donors (Lipinski definition) is 2. The molecule has 1 aliphatic rings. The van der Waals surface area contributed by atoms with Gasteiger partial charge < -0.3 is 15.8 Å². The average molecular weight is 302 g/mol. The molecule has 0 heterocycles. The summed E-state index contributed by atoms with van der Waals surface area (Å²) in [6.45, 7) is 0.745. The van der Waals surface area contributed by atoms with Crippen LogP contribution in [0.5, 0.6) is 5.75 Å². The number of hydrogen-bond acceptors (Lipinski definition) is 3. The molecule has 120 valence electrons. The van der Waals surface area contributed by atoms with Crippen molar-refractivity contribution < 1.29 is 9.53 Å². The number of anilines is 1. The molecule has 4 nitrogen and oxygen atoms in total. The van der Waals surface area contributed by atoms with E-state index in [1.165, 1.54) is 31.3 Å². The van der Waals surface area contributed by atoms with E-state index in [0.29, 0.717) is 24.3 Å². The third-order valence-electron chi connectivity index (χ3n) is 4.09. The fourth-order valence-electron chi connectivity index (χ4n) is 2.78. The molecule has 1 aromatic rings. The highest BCUT2D eigenvalue weighted by Crippen LogP contribution is 2.22. The molecule has 22 heavy (non-hydrogen) atoms. The van der Waals surface area contributed by atoms with E-state index >= 15 is 0 Å². The van der Waals surface area contributed by atoms with Crippen LogP contribution in [0.2, 0.25) is 0 Å². The summed E-state index contributed by atoms with van der Waals surface area (Å²) in [5.41, 5.74) is 9.04. The van der Waals surface area contributed by atoms with Gasteiger partial charge in [0.2, 0.25) is 5.91 Å². The summed E-state index contributed by atoms with van der Waals surface area (Å²) < 4.78 is 5.13. The Labute approximate surface area is 132 Å². The van der Waals surface area contributed by atoms with Crippen LogP contribution in [0.25, 0.3) is 0 Å². The van der Waals surface area contributed by atoms with E-state index in [4.69, 9.17) is 10.5 Å². The monoisotopic (exact) mass is 302 g/mol. The lowest BCUT2D eigenvalue weighted by atomic mass is 9.97. The van der Waals surface area contributed by atoms with Crippen molar-refractivity contribution in [1.82, 2.24) is 5.32 Å². The molecule has 4 heteroatoms. The van der Waals surface area contributed by atoms with Crippen molar-refractivity contribution in [2.75, 3.05) is 19.4 Å². The molecule has 0 aliphatic heterocycles. The molecule has 0 aromatic heterocycles. The van der Waals surface area contributed by atoms with Crippen LogP contribution < -0.4 is 15.8 Å². The predicted molar refractivity (Wildman–Crippen MR) is 89.9 cm³/mol. The lowest BCUT2D eigenvalue weighted by Gasteiger charge is -2.13. The number of benzene rings is 1. The SMILES string of the molecule is COc1ccc(CCC(=O)NCCC2=CCCCC2)cc1N. The Morgan fingerprint density at radius 1 is 1.32 bits per heavy atom. The van der Waals surface area contributed by atoms with Gasteiger partial charge in [-0.25, -0.2) is 0 Å². The molecule has 1 amide bonds. The molecular weight excluding hydrogens is 276 g/mol. The minimum atomic E-state index is 0.103. The highest BCUT2D eigenvalue weighted by Gasteiger charge is 2.06. The van der Waals surface area contributed by atoms with Gasteiger partial charge in [0.1, 0.15) is 5.75 Å². The molecule has 0 unspecified atom stereocenters. The number of nitrogens with one attached hydrogen (secondary N) is 1. The van der Waals surface area contributed by atoms with Gasteiger partial charge in [-0.2, -0.15) is 0 Å². The fraction of sp³-hybridized carbons (Fsp3) is 0.500. The van der Waals surface area contributed by atoms with E-state index in [2.05, 4.69) is 11.4 Å². The normalized spacial score (nSPS) is 14.3. The standard InChI is InChI=1S/C18H26N2O2/c1-22-17-9-7-15(13-16(17)19)8-10-18(21)20-12-11-14-5-3-2-4-6-14/h5,7,9,13H,2-4,6,8,10-12,19H2,1H3,(H,20,21). The minimum Gasteiger partial charge on any atom is -0.495 e. The van der Waals surface area contributed by atoms with Gasteiger partial charge >= 0.3 is 0 Å². The summed E-state index contributed by atoms with van der Waals surface area (Å²) in [5, 5.41) is 3.00. The third-order valence-corrected chi connectivity index (χ3v) is 4.09. The maximum atomic E-state index is 11.9. The molecule has 1 aromatic carbocycles. The number of rotatable bonds is 7. The zero-order valence-corrected chi connectivity index (χ0v) is 13.4. The Kier molecular flexibility index (Phi) is 6.31. The van der Waals surface area contributed by atoms with E-state index in [-0.39, 0.29) is 5.91 Å². The van der Waals surface area contributed by atoms with Crippen LogP contribution in [0, 0.1) is 0 Å². The molecule has 0 atom stereocenters. The molecule has 1 aliphatic carbocycles. The van der Waals surface area contributed by atoms with Crippen LogP contribution in [0.3, 0.4) is 0 Å². The first-order valence-corrected chi connectivity index (χ1v) is 8.06. The zero-order chi connectivity index (χ0) is 15.8. The molecule has 3 N–H and O–H groups in total. The van der Waals surface area contributed by atoms with Crippen LogP contribution in [0.1, 0.15) is 44.1 Å². The lowest BCUT2D eigenvalue weighted by molar-refractivity contribution is -0.121. The maximum Gasteiger partial charge on any atom is 0.220 e. The van der Waals surface area contributed by atoms with Crippen LogP contribution in [0.15, 0.2) is 29.8 Å². The van der Waals surface area contributed by atoms with E-state index < -0.39 is 0 Å². The quantitative estimate of drug-likeness (QED) is 0.600. The summed E-state index contributed by atoms with van der Waals surface area (Å²) >= 11 is 0. The number of carbonyl (C=O) groups excluding carboxylic acids is 1. The summed E-state index contributed by atoms with van der Waals surface area (Å²) in [6, 6.07) is 5.67. The second kappa shape index (κ2) is 8.47. The van der Waals surface area contributed by atoms with Crippen LogP contribution in [-0.4, -0.2) is 19.6 Å².